The molecule has 0 aromatic carbocycles. The minimum Gasteiger partial charge on any atom is -0.449 e. The van der Waals surface area contributed by atoms with Gasteiger partial charge in [-0.3, -0.25) is 0 Å². The predicted molar refractivity (Wildman–Crippen MR) is 93.5 cm³/mol. The zero-order valence-corrected chi connectivity index (χ0v) is 14.6. The van der Waals surface area contributed by atoms with E-state index in [4.69, 9.17) is 4.74 Å². The molecule has 2 aliphatic rings. The lowest BCUT2D eigenvalue weighted by Gasteiger charge is -2.35. The van der Waals surface area contributed by atoms with E-state index in [0.29, 0.717) is 25.6 Å². The Morgan fingerprint density at radius 1 is 1.04 bits per heavy atom. The maximum atomic E-state index is 12.0. The summed E-state index contributed by atoms with van der Waals surface area (Å²) in [6.45, 7) is 9.58. The van der Waals surface area contributed by atoms with E-state index in [0.717, 1.165) is 37.8 Å². The minimum absolute atomic E-state index is 0.205. The zero-order valence-electron chi connectivity index (χ0n) is 14.6. The SMILES string of the molecule is CC(C)COC(=O)N1CCN(c2cc(N3CCCC3)ncn2)CC1. The predicted octanol–water partition coefficient (Wildman–Crippen LogP) is 1.99. The quantitative estimate of drug-likeness (QED) is 0.840. The molecule has 0 spiro atoms. The topological polar surface area (TPSA) is 61.8 Å². The van der Waals surface area contributed by atoms with Crippen LogP contribution in [0.25, 0.3) is 0 Å². The first-order chi connectivity index (χ1) is 11.6. The van der Waals surface area contributed by atoms with Crippen molar-refractivity contribution in [3.8, 4) is 0 Å². The van der Waals surface area contributed by atoms with Gasteiger partial charge >= 0.3 is 6.09 Å². The largest absolute Gasteiger partial charge is 0.449 e. The first kappa shape index (κ1) is 16.8. The van der Waals surface area contributed by atoms with E-state index < -0.39 is 0 Å². The van der Waals surface area contributed by atoms with Gasteiger partial charge in [-0.05, 0) is 18.8 Å². The fraction of sp³-hybridized carbons (Fsp3) is 0.706. The Labute approximate surface area is 143 Å². The van der Waals surface area contributed by atoms with E-state index in [1.807, 2.05) is 13.8 Å². The van der Waals surface area contributed by atoms with Gasteiger partial charge in [0, 0.05) is 45.3 Å². The number of carbonyl (C=O) groups is 1. The molecule has 2 saturated heterocycles. The smallest absolute Gasteiger partial charge is 0.409 e. The van der Waals surface area contributed by atoms with Crippen LogP contribution in [-0.4, -0.2) is 66.8 Å². The third-order valence-corrected chi connectivity index (χ3v) is 4.47. The minimum atomic E-state index is -0.205. The zero-order chi connectivity index (χ0) is 16.9. The molecule has 3 rings (SSSR count). The van der Waals surface area contributed by atoms with Crippen LogP contribution in [0.3, 0.4) is 0 Å². The number of piperazine rings is 1. The fourth-order valence-electron chi connectivity index (χ4n) is 3.08. The van der Waals surface area contributed by atoms with Gasteiger partial charge in [0.05, 0.1) is 6.61 Å². The molecule has 24 heavy (non-hydrogen) atoms. The average molecular weight is 333 g/mol. The number of aromatic nitrogens is 2. The third-order valence-electron chi connectivity index (χ3n) is 4.47. The van der Waals surface area contributed by atoms with Gasteiger partial charge in [-0.2, -0.15) is 0 Å². The summed E-state index contributed by atoms with van der Waals surface area (Å²) in [6, 6.07) is 2.07. The van der Waals surface area contributed by atoms with Crippen molar-refractivity contribution in [2.75, 3.05) is 55.7 Å². The molecule has 0 aliphatic carbocycles. The van der Waals surface area contributed by atoms with E-state index in [1.54, 1.807) is 11.2 Å². The van der Waals surface area contributed by atoms with Crippen molar-refractivity contribution in [3.05, 3.63) is 12.4 Å². The second-order valence-corrected chi connectivity index (χ2v) is 6.87. The van der Waals surface area contributed by atoms with E-state index in [9.17, 15) is 4.79 Å². The Balaban J connectivity index is 1.54. The summed E-state index contributed by atoms with van der Waals surface area (Å²) in [5.41, 5.74) is 0. The van der Waals surface area contributed by atoms with Crippen molar-refractivity contribution in [3.63, 3.8) is 0 Å². The molecular weight excluding hydrogens is 306 g/mol. The molecule has 0 bridgehead atoms. The number of anilines is 2. The molecule has 132 valence electrons. The molecule has 7 heteroatoms. The van der Waals surface area contributed by atoms with Gasteiger partial charge in [0.1, 0.15) is 18.0 Å². The highest BCUT2D eigenvalue weighted by Crippen LogP contribution is 2.22. The molecule has 7 nitrogen and oxygen atoms in total. The number of carbonyl (C=O) groups excluding carboxylic acids is 1. The maximum Gasteiger partial charge on any atom is 0.409 e. The van der Waals surface area contributed by atoms with Crippen molar-refractivity contribution >= 4 is 17.7 Å². The lowest BCUT2D eigenvalue weighted by atomic mass is 10.2. The van der Waals surface area contributed by atoms with Crippen LogP contribution in [0.5, 0.6) is 0 Å². The van der Waals surface area contributed by atoms with Crippen LogP contribution in [0.15, 0.2) is 12.4 Å². The number of amides is 1. The van der Waals surface area contributed by atoms with Gasteiger partial charge in [-0.15, -0.1) is 0 Å². The van der Waals surface area contributed by atoms with Crippen LogP contribution in [0.4, 0.5) is 16.4 Å². The van der Waals surface area contributed by atoms with Gasteiger partial charge in [0.15, 0.2) is 0 Å². The summed E-state index contributed by atoms with van der Waals surface area (Å²) in [6.07, 6.45) is 3.91. The number of hydrogen-bond donors (Lipinski definition) is 0. The van der Waals surface area contributed by atoms with Crippen LogP contribution in [0.2, 0.25) is 0 Å². The summed E-state index contributed by atoms with van der Waals surface area (Å²) >= 11 is 0. The highest BCUT2D eigenvalue weighted by Gasteiger charge is 2.24. The van der Waals surface area contributed by atoms with Crippen LogP contribution < -0.4 is 9.80 Å². The van der Waals surface area contributed by atoms with E-state index in [1.165, 1.54) is 12.8 Å². The maximum absolute atomic E-state index is 12.0. The van der Waals surface area contributed by atoms with Gasteiger partial charge in [-0.25, -0.2) is 14.8 Å². The molecular formula is C17H27N5O2. The fourth-order valence-corrected chi connectivity index (χ4v) is 3.08. The Bertz CT molecular complexity index is 552. The van der Waals surface area contributed by atoms with Crippen molar-refractivity contribution in [1.29, 1.82) is 0 Å². The second kappa shape index (κ2) is 7.68. The van der Waals surface area contributed by atoms with Crippen LogP contribution in [0, 0.1) is 5.92 Å². The highest BCUT2D eigenvalue weighted by molar-refractivity contribution is 5.68. The highest BCUT2D eigenvalue weighted by atomic mass is 16.6. The molecule has 0 radical (unpaired) electrons. The van der Waals surface area contributed by atoms with Crippen molar-refractivity contribution < 1.29 is 9.53 Å². The van der Waals surface area contributed by atoms with Crippen molar-refractivity contribution in [2.24, 2.45) is 5.92 Å². The third kappa shape index (κ3) is 4.07. The molecule has 2 fully saturated rings. The van der Waals surface area contributed by atoms with E-state index in [2.05, 4.69) is 25.8 Å². The Morgan fingerprint density at radius 3 is 2.21 bits per heavy atom. The van der Waals surface area contributed by atoms with E-state index >= 15 is 0 Å². The molecule has 3 heterocycles. The summed E-state index contributed by atoms with van der Waals surface area (Å²) in [5.74, 6) is 2.32. The molecule has 1 aromatic rings. The first-order valence-corrected chi connectivity index (χ1v) is 8.87. The average Bonchev–Trinajstić information content (AvgIpc) is 3.14. The molecule has 2 aliphatic heterocycles. The summed E-state index contributed by atoms with van der Waals surface area (Å²) in [7, 11) is 0. The number of nitrogens with zero attached hydrogens (tertiary/aromatic N) is 5. The number of rotatable bonds is 4. The Kier molecular flexibility index (Phi) is 5.37. The van der Waals surface area contributed by atoms with Gasteiger partial charge < -0.3 is 19.4 Å². The van der Waals surface area contributed by atoms with E-state index in [-0.39, 0.29) is 6.09 Å². The van der Waals surface area contributed by atoms with Gasteiger partial charge in [0.25, 0.3) is 0 Å². The molecule has 1 amide bonds. The lowest BCUT2D eigenvalue weighted by molar-refractivity contribution is 0.0901. The molecule has 0 saturated carbocycles. The molecule has 1 aromatic heterocycles. The first-order valence-electron chi connectivity index (χ1n) is 8.87. The lowest BCUT2D eigenvalue weighted by Crippen LogP contribution is -2.49. The standard InChI is InChI=1S/C17H27N5O2/c1-14(2)12-24-17(23)22-9-7-21(8-10-22)16-11-15(18-13-19-16)20-5-3-4-6-20/h11,13-14H,3-10,12H2,1-2H3. The van der Waals surface area contributed by atoms with Crippen LogP contribution >= 0.6 is 0 Å². The van der Waals surface area contributed by atoms with Crippen LogP contribution in [0.1, 0.15) is 26.7 Å². The summed E-state index contributed by atoms with van der Waals surface area (Å²) < 4.78 is 5.31. The van der Waals surface area contributed by atoms with Gasteiger partial charge in [0.2, 0.25) is 0 Å². The summed E-state index contributed by atoms with van der Waals surface area (Å²) in [4.78, 5) is 27.2. The second-order valence-electron chi connectivity index (χ2n) is 6.87. The summed E-state index contributed by atoms with van der Waals surface area (Å²) in [5, 5.41) is 0. The van der Waals surface area contributed by atoms with Gasteiger partial charge in [-0.1, -0.05) is 13.8 Å². The molecule has 0 unspecified atom stereocenters. The Morgan fingerprint density at radius 2 is 1.62 bits per heavy atom. The van der Waals surface area contributed by atoms with Crippen LogP contribution in [-0.2, 0) is 4.74 Å². The molecule has 0 N–H and O–H groups in total. The Hall–Kier alpha value is -2.05. The number of hydrogen-bond acceptors (Lipinski definition) is 6. The molecule has 0 atom stereocenters. The van der Waals surface area contributed by atoms with Crippen molar-refractivity contribution in [2.45, 2.75) is 26.7 Å². The number of ether oxygens (including phenoxy) is 1. The normalized spacial score (nSPS) is 18.4. The monoisotopic (exact) mass is 333 g/mol. The van der Waals surface area contributed by atoms with Crippen molar-refractivity contribution in [1.82, 2.24) is 14.9 Å².